The normalized spacial score (nSPS) is 15.8. The summed E-state index contributed by atoms with van der Waals surface area (Å²) in [7, 11) is 0. The van der Waals surface area contributed by atoms with Gasteiger partial charge in [-0.3, -0.25) is 0 Å². The molecule has 16 heavy (non-hydrogen) atoms. The summed E-state index contributed by atoms with van der Waals surface area (Å²) in [4.78, 5) is 7.09. The van der Waals surface area contributed by atoms with Gasteiger partial charge in [0.05, 0.1) is 0 Å². The van der Waals surface area contributed by atoms with E-state index in [0.29, 0.717) is 5.88 Å². The molecule has 1 aromatic rings. The van der Waals surface area contributed by atoms with Crippen LogP contribution in [0.3, 0.4) is 0 Å². The van der Waals surface area contributed by atoms with E-state index in [9.17, 15) is 0 Å². The summed E-state index contributed by atoms with van der Waals surface area (Å²) in [6.07, 6.45) is 4.76. The summed E-state index contributed by atoms with van der Waals surface area (Å²) >= 11 is 5.93. The molecule has 0 N–H and O–H groups in total. The molecule has 1 saturated heterocycles. The number of nitrogens with zero attached hydrogens (tertiary/aromatic N) is 2. The summed E-state index contributed by atoms with van der Waals surface area (Å²) < 4.78 is 0. The van der Waals surface area contributed by atoms with Crippen LogP contribution >= 0.6 is 11.6 Å². The lowest BCUT2D eigenvalue weighted by molar-refractivity contribution is 0.857. The van der Waals surface area contributed by atoms with Gasteiger partial charge < -0.3 is 4.90 Å². The average molecular weight is 239 g/mol. The molecule has 0 saturated carbocycles. The lowest BCUT2D eigenvalue weighted by atomic mass is 10.2. The molecule has 88 valence electrons. The molecule has 3 heteroatoms. The molecule has 2 rings (SSSR count). The molecule has 1 aliphatic rings. The first-order chi connectivity index (χ1) is 7.83. The third kappa shape index (κ3) is 2.67. The van der Waals surface area contributed by atoms with Crippen LogP contribution in [0, 0.1) is 0 Å². The lowest BCUT2D eigenvalue weighted by Gasteiger charge is -2.18. The molecule has 1 aliphatic heterocycles. The lowest BCUT2D eigenvalue weighted by Crippen LogP contribution is -2.19. The fraction of sp³-hybridized carbons (Fsp3) is 0.615. The molecule has 0 aliphatic carbocycles. The van der Waals surface area contributed by atoms with E-state index in [1.54, 1.807) is 0 Å². The first-order valence-electron chi connectivity index (χ1n) is 6.14. The number of aryl methyl sites for hydroxylation is 1. The van der Waals surface area contributed by atoms with E-state index in [-0.39, 0.29) is 0 Å². The molecular weight excluding hydrogens is 220 g/mol. The molecule has 1 fully saturated rings. The Balaban J connectivity index is 2.24. The van der Waals surface area contributed by atoms with Crippen molar-refractivity contribution in [3.63, 3.8) is 0 Å². The van der Waals surface area contributed by atoms with Crippen LogP contribution in [0.1, 0.15) is 37.4 Å². The van der Waals surface area contributed by atoms with Crippen molar-refractivity contribution in [3.05, 3.63) is 23.4 Å². The van der Waals surface area contributed by atoms with Gasteiger partial charge in [0.1, 0.15) is 5.82 Å². The molecule has 0 aromatic carbocycles. The van der Waals surface area contributed by atoms with E-state index in [2.05, 4.69) is 24.0 Å². The minimum absolute atomic E-state index is 0.583. The fourth-order valence-corrected chi connectivity index (χ4v) is 2.36. The van der Waals surface area contributed by atoms with E-state index >= 15 is 0 Å². The summed E-state index contributed by atoms with van der Waals surface area (Å²) in [5.74, 6) is 1.71. The molecule has 1 aromatic heterocycles. The second kappa shape index (κ2) is 5.53. The van der Waals surface area contributed by atoms with Crippen LogP contribution in [0.5, 0.6) is 0 Å². The van der Waals surface area contributed by atoms with Gasteiger partial charge in [-0.15, -0.1) is 11.6 Å². The zero-order valence-corrected chi connectivity index (χ0v) is 10.6. The molecule has 2 nitrogen and oxygen atoms in total. The molecule has 0 amide bonds. The molecule has 0 atom stereocenters. The Morgan fingerprint density at radius 1 is 1.31 bits per heavy atom. The van der Waals surface area contributed by atoms with Crippen molar-refractivity contribution in [2.24, 2.45) is 0 Å². The maximum atomic E-state index is 5.93. The predicted molar refractivity (Wildman–Crippen MR) is 69.2 cm³/mol. The van der Waals surface area contributed by atoms with E-state index in [1.807, 2.05) is 0 Å². The number of anilines is 1. The van der Waals surface area contributed by atoms with Gasteiger partial charge in [-0.25, -0.2) is 4.98 Å². The van der Waals surface area contributed by atoms with Crippen LogP contribution in [0.15, 0.2) is 12.1 Å². The predicted octanol–water partition coefficient (Wildman–Crippen LogP) is 3.37. The quantitative estimate of drug-likeness (QED) is 0.748. The smallest absolute Gasteiger partial charge is 0.129 e. The third-order valence-corrected chi connectivity index (χ3v) is 3.32. The topological polar surface area (TPSA) is 16.1 Å². The second-order valence-electron chi connectivity index (χ2n) is 4.40. The van der Waals surface area contributed by atoms with Crippen LogP contribution in [-0.4, -0.2) is 18.1 Å². The highest BCUT2D eigenvalue weighted by molar-refractivity contribution is 6.17. The zero-order valence-electron chi connectivity index (χ0n) is 9.88. The van der Waals surface area contributed by atoms with Crippen molar-refractivity contribution in [1.82, 2.24) is 4.98 Å². The summed E-state index contributed by atoms with van der Waals surface area (Å²) in [5.41, 5.74) is 2.38. The van der Waals surface area contributed by atoms with Gasteiger partial charge in [0, 0.05) is 24.7 Å². The Kier molecular flexibility index (Phi) is 4.05. The SMILES string of the molecule is CCCc1cc(CCl)cc(N2CCCC2)n1. The van der Waals surface area contributed by atoms with Crippen molar-refractivity contribution >= 4 is 17.4 Å². The monoisotopic (exact) mass is 238 g/mol. The van der Waals surface area contributed by atoms with Gasteiger partial charge in [-0.05, 0) is 37.0 Å². The van der Waals surface area contributed by atoms with E-state index in [4.69, 9.17) is 16.6 Å². The molecular formula is C13H19ClN2. The number of hydrogen-bond donors (Lipinski definition) is 0. The number of pyridine rings is 1. The molecule has 0 radical (unpaired) electrons. The number of aromatic nitrogens is 1. The number of hydrogen-bond acceptors (Lipinski definition) is 2. The summed E-state index contributed by atoms with van der Waals surface area (Å²) in [6, 6.07) is 4.27. The van der Waals surface area contributed by atoms with Gasteiger partial charge in [0.2, 0.25) is 0 Å². The number of halogens is 1. The van der Waals surface area contributed by atoms with Crippen molar-refractivity contribution in [2.45, 2.75) is 38.5 Å². The van der Waals surface area contributed by atoms with Crippen LogP contribution in [0.2, 0.25) is 0 Å². The zero-order chi connectivity index (χ0) is 11.4. The van der Waals surface area contributed by atoms with Crippen molar-refractivity contribution in [2.75, 3.05) is 18.0 Å². The van der Waals surface area contributed by atoms with Gasteiger partial charge in [0.25, 0.3) is 0 Å². The number of rotatable bonds is 4. The first-order valence-corrected chi connectivity index (χ1v) is 6.67. The largest absolute Gasteiger partial charge is 0.357 e. The summed E-state index contributed by atoms with van der Waals surface area (Å²) in [5, 5.41) is 0. The number of alkyl halides is 1. The first kappa shape index (κ1) is 11.7. The molecule has 2 heterocycles. The average Bonchev–Trinajstić information content (AvgIpc) is 2.82. The van der Waals surface area contributed by atoms with Gasteiger partial charge in [-0.2, -0.15) is 0 Å². The highest BCUT2D eigenvalue weighted by Gasteiger charge is 2.14. The van der Waals surface area contributed by atoms with Crippen molar-refractivity contribution in [1.29, 1.82) is 0 Å². The van der Waals surface area contributed by atoms with Crippen LogP contribution in [0.4, 0.5) is 5.82 Å². The standard InChI is InChI=1S/C13H19ClN2/c1-2-5-12-8-11(10-14)9-13(15-12)16-6-3-4-7-16/h8-9H,2-7,10H2,1H3. The Morgan fingerprint density at radius 2 is 2.06 bits per heavy atom. The minimum Gasteiger partial charge on any atom is -0.357 e. The van der Waals surface area contributed by atoms with Crippen molar-refractivity contribution in [3.8, 4) is 0 Å². The maximum Gasteiger partial charge on any atom is 0.129 e. The highest BCUT2D eigenvalue weighted by Crippen LogP contribution is 2.21. The molecule has 0 unspecified atom stereocenters. The van der Waals surface area contributed by atoms with Crippen molar-refractivity contribution < 1.29 is 0 Å². The van der Waals surface area contributed by atoms with Crippen LogP contribution in [-0.2, 0) is 12.3 Å². The van der Waals surface area contributed by atoms with Crippen LogP contribution in [0.25, 0.3) is 0 Å². The van der Waals surface area contributed by atoms with E-state index in [0.717, 1.165) is 31.7 Å². The Bertz CT molecular complexity index is 346. The Hall–Kier alpha value is -0.760. The maximum absolute atomic E-state index is 5.93. The van der Waals surface area contributed by atoms with Gasteiger partial charge in [-0.1, -0.05) is 13.3 Å². The second-order valence-corrected chi connectivity index (χ2v) is 4.67. The fourth-order valence-electron chi connectivity index (χ4n) is 2.20. The molecule has 0 spiro atoms. The van der Waals surface area contributed by atoms with Gasteiger partial charge >= 0.3 is 0 Å². The third-order valence-electron chi connectivity index (χ3n) is 3.02. The Morgan fingerprint density at radius 3 is 2.69 bits per heavy atom. The van der Waals surface area contributed by atoms with Gasteiger partial charge in [0.15, 0.2) is 0 Å². The Labute approximate surface area is 103 Å². The highest BCUT2D eigenvalue weighted by atomic mass is 35.5. The summed E-state index contributed by atoms with van der Waals surface area (Å²) in [6.45, 7) is 4.47. The molecule has 0 bridgehead atoms. The van der Waals surface area contributed by atoms with E-state index in [1.165, 1.54) is 24.1 Å². The minimum atomic E-state index is 0.583. The van der Waals surface area contributed by atoms with E-state index < -0.39 is 0 Å². The van der Waals surface area contributed by atoms with Crippen LogP contribution < -0.4 is 4.90 Å².